The zero-order valence-electron chi connectivity index (χ0n) is 17.2. The van der Waals surface area contributed by atoms with E-state index in [2.05, 4.69) is 32.5 Å². The Labute approximate surface area is 193 Å². The number of likely N-dealkylation sites (tertiary alicyclic amines) is 1. The van der Waals surface area contributed by atoms with E-state index in [1.807, 2.05) is 30.5 Å². The minimum atomic E-state index is -0.00627. The van der Waals surface area contributed by atoms with Crippen LogP contribution >= 0.6 is 23.2 Å². The first-order chi connectivity index (χ1) is 15.0. The number of nitrogens with two attached hydrogens (primary N) is 1. The van der Waals surface area contributed by atoms with Gasteiger partial charge in [-0.2, -0.15) is 0 Å². The number of aliphatic imine (C=N–C) groups is 2. The number of piperidine rings is 1. The van der Waals surface area contributed by atoms with Gasteiger partial charge in [0.1, 0.15) is 5.84 Å². The number of benzene rings is 1. The molecule has 0 radical (unpaired) electrons. The van der Waals surface area contributed by atoms with Crippen LogP contribution in [0.5, 0.6) is 0 Å². The SMILES string of the molecule is C=C\N=C(/C=C/N=C/c1cccc(Cl)c1Cl)N1CCC2(CC1)Cc1cccnc1C2N. The maximum absolute atomic E-state index is 6.63. The Morgan fingerprint density at radius 3 is 2.77 bits per heavy atom. The highest BCUT2D eigenvalue weighted by atomic mass is 35.5. The number of pyridine rings is 1. The van der Waals surface area contributed by atoms with Crippen LogP contribution in [-0.2, 0) is 6.42 Å². The van der Waals surface area contributed by atoms with Gasteiger partial charge >= 0.3 is 0 Å². The van der Waals surface area contributed by atoms with Gasteiger partial charge in [0.05, 0.1) is 21.8 Å². The highest BCUT2D eigenvalue weighted by molar-refractivity contribution is 6.43. The summed E-state index contributed by atoms with van der Waals surface area (Å²) in [6.07, 6.45) is 11.7. The quantitative estimate of drug-likeness (QED) is 0.510. The molecule has 0 bridgehead atoms. The molecule has 1 aromatic heterocycles. The molecule has 1 spiro atoms. The Kier molecular flexibility index (Phi) is 6.56. The van der Waals surface area contributed by atoms with Gasteiger partial charge < -0.3 is 10.6 Å². The summed E-state index contributed by atoms with van der Waals surface area (Å²) in [6, 6.07) is 9.60. The van der Waals surface area contributed by atoms with E-state index in [1.54, 1.807) is 24.7 Å². The van der Waals surface area contributed by atoms with Gasteiger partial charge in [0, 0.05) is 43.5 Å². The van der Waals surface area contributed by atoms with Crippen LogP contribution in [0.15, 0.2) is 71.6 Å². The van der Waals surface area contributed by atoms with E-state index in [4.69, 9.17) is 28.9 Å². The lowest BCUT2D eigenvalue weighted by Gasteiger charge is -2.42. The number of amidine groups is 1. The van der Waals surface area contributed by atoms with E-state index in [1.165, 1.54) is 5.56 Å². The van der Waals surface area contributed by atoms with Crippen molar-refractivity contribution in [3.8, 4) is 0 Å². The largest absolute Gasteiger partial charge is 0.357 e. The summed E-state index contributed by atoms with van der Waals surface area (Å²) in [5, 5.41) is 0.999. The maximum Gasteiger partial charge on any atom is 0.129 e. The summed E-state index contributed by atoms with van der Waals surface area (Å²) in [7, 11) is 0. The zero-order chi connectivity index (χ0) is 21.8. The van der Waals surface area contributed by atoms with Crippen LogP contribution in [0, 0.1) is 5.41 Å². The highest BCUT2D eigenvalue weighted by Gasteiger charge is 2.46. The van der Waals surface area contributed by atoms with Crippen molar-refractivity contribution in [2.24, 2.45) is 21.1 Å². The van der Waals surface area contributed by atoms with Crippen molar-refractivity contribution < 1.29 is 0 Å². The smallest absolute Gasteiger partial charge is 0.129 e. The van der Waals surface area contributed by atoms with Crippen LogP contribution in [0.25, 0.3) is 0 Å². The molecule has 1 aromatic carbocycles. The minimum Gasteiger partial charge on any atom is -0.357 e. The molecule has 1 aliphatic heterocycles. The van der Waals surface area contributed by atoms with Crippen molar-refractivity contribution in [3.05, 3.63) is 88.4 Å². The van der Waals surface area contributed by atoms with Crippen LogP contribution in [0.1, 0.15) is 35.7 Å². The number of hydrogen-bond donors (Lipinski definition) is 1. The molecule has 160 valence electrons. The van der Waals surface area contributed by atoms with Gasteiger partial charge in [-0.3, -0.25) is 9.98 Å². The number of halogens is 2. The van der Waals surface area contributed by atoms with Gasteiger partial charge in [-0.15, -0.1) is 0 Å². The fourth-order valence-electron chi connectivity index (χ4n) is 4.51. The average molecular weight is 454 g/mol. The summed E-state index contributed by atoms with van der Waals surface area (Å²) in [5.41, 5.74) is 9.83. The Balaban J connectivity index is 1.42. The molecule has 5 nitrogen and oxygen atoms in total. The molecule has 1 unspecified atom stereocenters. The van der Waals surface area contributed by atoms with Crippen LogP contribution in [0.3, 0.4) is 0 Å². The third kappa shape index (κ3) is 4.45. The lowest BCUT2D eigenvalue weighted by Crippen LogP contribution is -2.46. The third-order valence-electron chi connectivity index (χ3n) is 6.23. The lowest BCUT2D eigenvalue weighted by molar-refractivity contribution is 0.127. The molecule has 2 heterocycles. The van der Waals surface area contributed by atoms with E-state index in [0.717, 1.165) is 49.4 Å². The molecular weight excluding hydrogens is 429 g/mol. The average Bonchev–Trinajstić information content (AvgIpc) is 3.05. The summed E-state index contributed by atoms with van der Waals surface area (Å²) < 4.78 is 0. The molecule has 1 saturated heterocycles. The first kappa shape index (κ1) is 21.8. The van der Waals surface area contributed by atoms with E-state index in [0.29, 0.717) is 10.0 Å². The number of rotatable bonds is 4. The fourth-order valence-corrected chi connectivity index (χ4v) is 4.86. The van der Waals surface area contributed by atoms with Crippen LogP contribution < -0.4 is 5.73 Å². The lowest BCUT2D eigenvalue weighted by atomic mass is 9.73. The van der Waals surface area contributed by atoms with Crippen LogP contribution in [0.2, 0.25) is 10.0 Å². The second kappa shape index (κ2) is 9.35. The zero-order valence-corrected chi connectivity index (χ0v) is 18.7. The Morgan fingerprint density at radius 2 is 2.03 bits per heavy atom. The molecule has 1 aliphatic carbocycles. The summed E-state index contributed by atoms with van der Waals surface area (Å²) in [4.78, 5) is 15.6. The van der Waals surface area contributed by atoms with E-state index in [-0.39, 0.29) is 11.5 Å². The van der Waals surface area contributed by atoms with Crippen molar-refractivity contribution in [1.82, 2.24) is 9.88 Å². The molecular formula is C24H25Cl2N5. The van der Waals surface area contributed by atoms with Crippen molar-refractivity contribution in [3.63, 3.8) is 0 Å². The minimum absolute atomic E-state index is 0.00627. The van der Waals surface area contributed by atoms with Gasteiger partial charge in [0.2, 0.25) is 0 Å². The molecule has 4 rings (SSSR count). The van der Waals surface area contributed by atoms with Crippen LogP contribution in [-0.4, -0.2) is 35.0 Å². The molecule has 1 fully saturated rings. The van der Waals surface area contributed by atoms with Crippen molar-refractivity contribution in [1.29, 1.82) is 0 Å². The molecule has 2 N–H and O–H groups in total. The van der Waals surface area contributed by atoms with Gasteiger partial charge in [0.15, 0.2) is 0 Å². The maximum atomic E-state index is 6.63. The van der Waals surface area contributed by atoms with Crippen molar-refractivity contribution in [2.75, 3.05) is 13.1 Å². The first-order valence-electron chi connectivity index (χ1n) is 10.3. The molecule has 0 saturated carbocycles. The molecule has 2 aromatic rings. The van der Waals surface area contributed by atoms with Crippen LogP contribution in [0.4, 0.5) is 0 Å². The van der Waals surface area contributed by atoms with Gasteiger partial charge in [-0.25, -0.2) is 4.99 Å². The summed E-state index contributed by atoms with van der Waals surface area (Å²) in [6.45, 7) is 5.51. The molecule has 2 aliphatic rings. The van der Waals surface area contributed by atoms with E-state index < -0.39 is 0 Å². The normalized spacial score (nSPS) is 20.7. The Bertz CT molecular complexity index is 1050. The van der Waals surface area contributed by atoms with Gasteiger partial charge in [-0.05, 0) is 48.4 Å². The van der Waals surface area contributed by atoms with E-state index in [9.17, 15) is 0 Å². The molecule has 1 atom stereocenters. The van der Waals surface area contributed by atoms with Gasteiger partial charge in [-0.1, -0.05) is 48.0 Å². The number of aromatic nitrogens is 1. The highest BCUT2D eigenvalue weighted by Crippen LogP contribution is 2.49. The second-order valence-electron chi connectivity index (χ2n) is 7.96. The first-order valence-corrected chi connectivity index (χ1v) is 11.1. The predicted octanol–water partition coefficient (Wildman–Crippen LogP) is 5.20. The molecule has 7 heteroatoms. The monoisotopic (exact) mass is 453 g/mol. The van der Waals surface area contributed by atoms with Crippen molar-refractivity contribution in [2.45, 2.75) is 25.3 Å². The predicted molar refractivity (Wildman–Crippen MR) is 129 cm³/mol. The van der Waals surface area contributed by atoms with E-state index >= 15 is 0 Å². The number of hydrogen-bond acceptors (Lipinski definition) is 4. The number of fused-ring (bicyclic) bond motifs is 1. The van der Waals surface area contributed by atoms with Gasteiger partial charge in [0.25, 0.3) is 0 Å². The Morgan fingerprint density at radius 1 is 1.23 bits per heavy atom. The number of nitrogens with zero attached hydrogens (tertiary/aromatic N) is 4. The third-order valence-corrected chi connectivity index (χ3v) is 7.07. The standard InChI is InChI=1S/C24H25Cl2N5/c1-2-29-20(8-12-28-16-18-5-3-7-19(25)21(18)26)31-13-9-24(10-14-31)15-17-6-4-11-30-22(17)23(24)27/h2-8,11-12,16,23H,1,9-10,13-15,27H2/b12-8+,28-16+,29-20+. The topological polar surface area (TPSA) is 66.9 Å². The molecule has 31 heavy (non-hydrogen) atoms. The molecule has 0 amide bonds. The fraction of sp³-hybridized carbons (Fsp3) is 0.292. The second-order valence-corrected chi connectivity index (χ2v) is 8.74. The Hall–Kier alpha value is -2.47. The summed E-state index contributed by atoms with van der Waals surface area (Å²) >= 11 is 12.3. The summed E-state index contributed by atoms with van der Waals surface area (Å²) in [5.74, 6) is 0.835. The van der Waals surface area contributed by atoms with Crippen molar-refractivity contribution >= 4 is 35.3 Å².